The molecule has 0 atom stereocenters. The molecule has 0 fully saturated rings. The molecule has 108 valence electrons. The summed E-state index contributed by atoms with van der Waals surface area (Å²) in [7, 11) is 0. The third-order valence-electron chi connectivity index (χ3n) is 2.61. The molecule has 0 spiro atoms. The van der Waals surface area contributed by atoms with Crippen molar-refractivity contribution in [3.05, 3.63) is 64.7 Å². The molecule has 0 aromatic heterocycles. The van der Waals surface area contributed by atoms with Crippen molar-refractivity contribution in [3.8, 4) is 5.75 Å². The molecule has 0 unspecified atom stereocenters. The summed E-state index contributed by atoms with van der Waals surface area (Å²) in [6.45, 7) is 0.485. The average Bonchev–Trinajstić information content (AvgIpc) is 2.47. The summed E-state index contributed by atoms with van der Waals surface area (Å²) >= 11 is 10.5. The van der Waals surface area contributed by atoms with E-state index in [2.05, 4.69) is 10.5 Å². The van der Waals surface area contributed by atoms with Crippen LogP contribution in [-0.4, -0.2) is 11.3 Å². The molecule has 0 heterocycles. The molecule has 0 amide bonds. The molecule has 4 nitrogen and oxygen atoms in total. The Morgan fingerprint density at radius 3 is 2.76 bits per heavy atom. The van der Waals surface area contributed by atoms with Crippen molar-refractivity contribution < 1.29 is 9.84 Å². The van der Waals surface area contributed by atoms with E-state index < -0.39 is 0 Å². The van der Waals surface area contributed by atoms with E-state index in [0.717, 1.165) is 16.9 Å². The van der Waals surface area contributed by atoms with E-state index in [9.17, 15) is 0 Å². The standard InChI is InChI=1S/C15H14ClN3OS/c16-13-6-4-11(5-7-13)10-20-14-3-1-2-12(8-14)9-18-19-15(17)21/h1-9H,10H2,(H3,17,19,21)/p+1. The van der Waals surface area contributed by atoms with E-state index in [-0.39, 0.29) is 5.11 Å². The summed E-state index contributed by atoms with van der Waals surface area (Å²) in [5.74, 6) is 0.774. The van der Waals surface area contributed by atoms with Crippen LogP contribution in [0.2, 0.25) is 5.02 Å². The Bertz CT molecular complexity index is 644. The number of ether oxygens (including phenoxy) is 1. The van der Waals surface area contributed by atoms with Gasteiger partial charge in [-0.3, -0.25) is 0 Å². The van der Waals surface area contributed by atoms with Gasteiger partial charge in [0.15, 0.2) is 6.21 Å². The maximum atomic E-state index is 5.84. The van der Waals surface area contributed by atoms with Crippen LogP contribution < -0.4 is 21.0 Å². The van der Waals surface area contributed by atoms with Gasteiger partial charge in [0.1, 0.15) is 12.4 Å². The van der Waals surface area contributed by atoms with Crippen LogP contribution in [0.1, 0.15) is 11.1 Å². The Morgan fingerprint density at radius 1 is 1.29 bits per heavy atom. The first-order chi connectivity index (χ1) is 10.1. The smallest absolute Gasteiger partial charge is 0.221 e. The topological polar surface area (TPSA) is 61.2 Å². The minimum Gasteiger partial charge on any atom is -0.489 e. The molecular weight excluding hydrogens is 306 g/mol. The van der Waals surface area contributed by atoms with Crippen molar-refractivity contribution in [1.82, 2.24) is 5.43 Å². The number of hydrazone groups is 1. The summed E-state index contributed by atoms with van der Waals surface area (Å²) in [4.78, 5) is 0. The van der Waals surface area contributed by atoms with Gasteiger partial charge in [0.25, 0.3) is 0 Å². The van der Waals surface area contributed by atoms with Gasteiger partial charge in [-0.2, -0.15) is 0 Å². The van der Waals surface area contributed by atoms with Gasteiger partial charge in [0, 0.05) is 10.6 Å². The fourth-order valence-electron chi connectivity index (χ4n) is 1.63. The first-order valence-corrected chi connectivity index (χ1v) is 7.03. The van der Waals surface area contributed by atoms with Crippen LogP contribution in [0.5, 0.6) is 5.75 Å². The Kier molecular flexibility index (Phi) is 5.54. The molecular formula is C15H15ClN3OS+. The predicted octanol–water partition coefficient (Wildman–Crippen LogP) is 1.17. The summed E-state index contributed by atoms with van der Waals surface area (Å²) in [6.07, 6.45) is 1.74. The van der Waals surface area contributed by atoms with Gasteiger partial charge in [0.05, 0.1) is 0 Å². The lowest BCUT2D eigenvalue weighted by molar-refractivity contribution is -0.499. The zero-order valence-electron chi connectivity index (χ0n) is 11.2. The van der Waals surface area contributed by atoms with E-state index in [1.54, 1.807) is 6.21 Å². The van der Waals surface area contributed by atoms with Crippen LogP contribution in [0.4, 0.5) is 0 Å². The molecule has 6 heteroatoms. The molecule has 0 aliphatic carbocycles. The SMILES string of the molecule is NC(=S)N[NH+]=Cc1cccc(OCc2ccc(Cl)cc2)c1. The van der Waals surface area contributed by atoms with E-state index in [0.29, 0.717) is 11.6 Å². The van der Waals surface area contributed by atoms with Crippen molar-refractivity contribution >= 4 is 35.1 Å². The van der Waals surface area contributed by atoms with Gasteiger partial charge in [-0.05, 0) is 48.1 Å². The zero-order valence-corrected chi connectivity index (χ0v) is 12.7. The van der Waals surface area contributed by atoms with Crippen molar-refractivity contribution in [2.75, 3.05) is 0 Å². The highest BCUT2D eigenvalue weighted by Crippen LogP contribution is 2.15. The van der Waals surface area contributed by atoms with Gasteiger partial charge in [-0.15, -0.1) is 10.5 Å². The normalized spacial score (nSPS) is 10.5. The number of halogens is 1. The van der Waals surface area contributed by atoms with Crippen LogP contribution in [0, 0.1) is 0 Å². The minimum absolute atomic E-state index is 0.182. The summed E-state index contributed by atoms with van der Waals surface area (Å²) in [5, 5.41) is 3.69. The lowest BCUT2D eigenvalue weighted by Crippen LogP contribution is -2.82. The second kappa shape index (κ2) is 7.61. The number of thiocarbonyl (C=S) groups is 1. The molecule has 2 aromatic rings. The fraction of sp³-hybridized carbons (Fsp3) is 0.0667. The molecule has 0 bridgehead atoms. The van der Waals surface area contributed by atoms with E-state index in [1.165, 1.54) is 0 Å². The lowest BCUT2D eigenvalue weighted by Gasteiger charge is -2.06. The van der Waals surface area contributed by atoms with Gasteiger partial charge in [0.2, 0.25) is 5.11 Å². The summed E-state index contributed by atoms with van der Waals surface area (Å²) in [6, 6.07) is 15.2. The highest BCUT2D eigenvalue weighted by atomic mass is 35.5. The molecule has 0 saturated carbocycles. The summed E-state index contributed by atoms with van der Waals surface area (Å²) in [5.41, 5.74) is 9.93. The van der Waals surface area contributed by atoms with Crippen LogP contribution in [0.25, 0.3) is 0 Å². The molecule has 0 aliphatic heterocycles. The quantitative estimate of drug-likeness (QED) is 0.440. The second-order valence-corrected chi connectivity index (χ2v) is 5.14. The average molecular weight is 321 g/mol. The molecule has 2 aromatic carbocycles. The molecule has 0 aliphatic rings. The third kappa shape index (κ3) is 5.41. The number of nitrogens with one attached hydrogen (secondary N) is 2. The van der Waals surface area contributed by atoms with Crippen LogP contribution in [-0.2, 0) is 6.61 Å². The van der Waals surface area contributed by atoms with Gasteiger partial charge in [-0.25, -0.2) is 0 Å². The van der Waals surface area contributed by atoms with Gasteiger partial charge >= 0.3 is 0 Å². The molecule has 0 radical (unpaired) electrons. The van der Waals surface area contributed by atoms with Gasteiger partial charge < -0.3 is 10.5 Å². The number of nitrogens with two attached hydrogens (primary N) is 1. The maximum absolute atomic E-state index is 5.84. The van der Waals surface area contributed by atoms with Crippen LogP contribution >= 0.6 is 23.8 Å². The fourth-order valence-corrected chi connectivity index (χ4v) is 1.82. The largest absolute Gasteiger partial charge is 0.489 e. The van der Waals surface area contributed by atoms with Crippen molar-refractivity contribution in [3.63, 3.8) is 0 Å². The Morgan fingerprint density at radius 2 is 2.05 bits per heavy atom. The molecule has 21 heavy (non-hydrogen) atoms. The summed E-state index contributed by atoms with van der Waals surface area (Å²) < 4.78 is 5.74. The number of hydrogen-bond donors (Lipinski definition) is 3. The number of hydrazine groups is 1. The van der Waals surface area contributed by atoms with E-state index >= 15 is 0 Å². The Labute approximate surface area is 133 Å². The van der Waals surface area contributed by atoms with Gasteiger partial charge in [-0.1, -0.05) is 29.8 Å². The maximum Gasteiger partial charge on any atom is 0.221 e. The highest BCUT2D eigenvalue weighted by molar-refractivity contribution is 7.80. The lowest BCUT2D eigenvalue weighted by atomic mass is 10.2. The van der Waals surface area contributed by atoms with Crippen molar-refractivity contribution in [2.24, 2.45) is 5.73 Å². The number of rotatable bonds is 5. The molecule has 2 rings (SSSR count). The molecule has 4 N–H and O–H groups in total. The second-order valence-electron chi connectivity index (χ2n) is 4.27. The predicted molar refractivity (Wildman–Crippen MR) is 88.3 cm³/mol. The Hall–Kier alpha value is -2.11. The Balaban J connectivity index is 1.96. The molecule has 0 saturated heterocycles. The van der Waals surface area contributed by atoms with Crippen LogP contribution in [0.15, 0.2) is 48.5 Å². The highest BCUT2D eigenvalue weighted by Gasteiger charge is 1.99. The third-order valence-corrected chi connectivity index (χ3v) is 2.97. The zero-order chi connectivity index (χ0) is 15.1. The van der Waals surface area contributed by atoms with E-state index in [4.69, 9.17) is 34.3 Å². The monoisotopic (exact) mass is 320 g/mol. The van der Waals surface area contributed by atoms with Crippen molar-refractivity contribution in [2.45, 2.75) is 6.61 Å². The van der Waals surface area contributed by atoms with Crippen molar-refractivity contribution in [1.29, 1.82) is 0 Å². The first-order valence-electron chi connectivity index (χ1n) is 6.25. The minimum atomic E-state index is 0.182. The first kappa shape index (κ1) is 15.3. The van der Waals surface area contributed by atoms with Crippen LogP contribution in [0.3, 0.4) is 0 Å². The number of benzene rings is 2. The van der Waals surface area contributed by atoms with E-state index in [1.807, 2.05) is 48.5 Å². The number of hydrogen-bond acceptors (Lipinski definition) is 2.